The van der Waals surface area contributed by atoms with Crippen molar-refractivity contribution in [1.29, 1.82) is 5.26 Å². The predicted molar refractivity (Wildman–Crippen MR) is 84.1 cm³/mol. The molecule has 1 N–H and O–H groups in total. The third kappa shape index (κ3) is 3.89. The molecule has 0 fully saturated rings. The highest BCUT2D eigenvalue weighted by Gasteiger charge is 2.13. The number of nitriles is 1. The number of hydrogen-bond acceptors (Lipinski definition) is 4. The Kier molecular flexibility index (Phi) is 5.07. The molecule has 0 aliphatic heterocycles. The Labute approximate surface area is 128 Å². The highest BCUT2D eigenvalue weighted by molar-refractivity contribution is 7.09. The van der Waals surface area contributed by atoms with Crippen LogP contribution in [0.2, 0.25) is 0 Å². The molecule has 1 aromatic heterocycles. The lowest BCUT2D eigenvalue weighted by atomic mass is 10.1. The number of nitrogens with one attached hydrogen (secondary N) is 1. The monoisotopic (exact) mass is 299 g/mol. The summed E-state index contributed by atoms with van der Waals surface area (Å²) in [4.78, 5) is 16.6. The lowest BCUT2D eigenvalue weighted by molar-refractivity contribution is 0.0944. The van der Waals surface area contributed by atoms with Crippen molar-refractivity contribution in [3.05, 3.63) is 40.2 Å². The number of amides is 1. The number of aromatic nitrogens is 1. The lowest BCUT2D eigenvalue weighted by Gasteiger charge is -2.10. The van der Waals surface area contributed by atoms with Crippen molar-refractivity contribution in [3.8, 4) is 17.3 Å². The van der Waals surface area contributed by atoms with Gasteiger partial charge in [-0.3, -0.25) is 4.79 Å². The number of hydrogen-bond donors (Lipinski definition) is 1. The first-order valence-corrected chi connectivity index (χ1v) is 7.75. The SMILES string of the molecule is CCCC(C#N)NC(=O)c1cccc(-c2csc(C)n2)c1. The fraction of sp³-hybridized carbons (Fsp3) is 0.312. The molecule has 0 spiro atoms. The third-order valence-electron chi connectivity index (χ3n) is 3.08. The Morgan fingerprint density at radius 3 is 2.95 bits per heavy atom. The van der Waals surface area contributed by atoms with Crippen LogP contribution < -0.4 is 5.32 Å². The second-order valence-electron chi connectivity index (χ2n) is 4.78. The zero-order valence-corrected chi connectivity index (χ0v) is 12.9. The molecule has 0 bridgehead atoms. The van der Waals surface area contributed by atoms with Crippen LogP contribution in [-0.2, 0) is 0 Å². The van der Waals surface area contributed by atoms with Crippen molar-refractivity contribution >= 4 is 17.2 Å². The van der Waals surface area contributed by atoms with E-state index in [9.17, 15) is 4.79 Å². The number of carbonyl (C=O) groups is 1. The number of benzene rings is 1. The second-order valence-corrected chi connectivity index (χ2v) is 5.84. The Hall–Kier alpha value is -2.19. The summed E-state index contributed by atoms with van der Waals surface area (Å²) in [6, 6.07) is 8.99. The van der Waals surface area contributed by atoms with Gasteiger partial charge in [0.2, 0.25) is 0 Å². The molecule has 1 unspecified atom stereocenters. The van der Waals surface area contributed by atoms with Gasteiger partial charge in [-0.2, -0.15) is 5.26 Å². The van der Waals surface area contributed by atoms with E-state index in [1.54, 1.807) is 17.4 Å². The minimum absolute atomic E-state index is 0.219. The predicted octanol–water partition coefficient (Wildman–Crippen LogP) is 3.54. The highest BCUT2D eigenvalue weighted by Crippen LogP contribution is 2.22. The van der Waals surface area contributed by atoms with Crippen molar-refractivity contribution in [1.82, 2.24) is 10.3 Å². The molecule has 1 aromatic carbocycles. The van der Waals surface area contributed by atoms with Gasteiger partial charge in [-0.15, -0.1) is 11.3 Å². The van der Waals surface area contributed by atoms with E-state index in [-0.39, 0.29) is 5.91 Å². The van der Waals surface area contributed by atoms with Gasteiger partial charge >= 0.3 is 0 Å². The smallest absolute Gasteiger partial charge is 0.252 e. The van der Waals surface area contributed by atoms with Gasteiger partial charge in [0, 0.05) is 16.5 Å². The van der Waals surface area contributed by atoms with Crippen LogP contribution in [-0.4, -0.2) is 16.9 Å². The van der Waals surface area contributed by atoms with Gasteiger partial charge < -0.3 is 5.32 Å². The summed E-state index contributed by atoms with van der Waals surface area (Å²) >= 11 is 1.58. The Balaban J connectivity index is 2.17. The van der Waals surface area contributed by atoms with E-state index in [1.165, 1.54) is 0 Å². The molecule has 2 rings (SSSR count). The first kappa shape index (κ1) is 15.2. The maximum absolute atomic E-state index is 12.2. The number of nitrogens with zero attached hydrogens (tertiary/aromatic N) is 2. The number of thiazole rings is 1. The summed E-state index contributed by atoms with van der Waals surface area (Å²) in [5, 5.41) is 14.7. The van der Waals surface area contributed by atoms with E-state index in [4.69, 9.17) is 5.26 Å². The number of rotatable bonds is 5. The summed E-state index contributed by atoms with van der Waals surface area (Å²) < 4.78 is 0. The summed E-state index contributed by atoms with van der Waals surface area (Å²) in [6.07, 6.45) is 1.52. The molecule has 108 valence electrons. The largest absolute Gasteiger partial charge is 0.336 e. The molecule has 5 heteroatoms. The summed E-state index contributed by atoms with van der Waals surface area (Å²) in [5.41, 5.74) is 2.34. The molecule has 1 atom stereocenters. The van der Waals surface area contributed by atoms with Crippen molar-refractivity contribution in [2.45, 2.75) is 32.7 Å². The molecule has 21 heavy (non-hydrogen) atoms. The van der Waals surface area contributed by atoms with Crippen molar-refractivity contribution in [3.63, 3.8) is 0 Å². The quantitative estimate of drug-likeness (QED) is 0.918. The zero-order valence-electron chi connectivity index (χ0n) is 12.1. The molecule has 1 amide bonds. The summed E-state index contributed by atoms with van der Waals surface area (Å²) in [7, 11) is 0. The van der Waals surface area contributed by atoms with Crippen LogP contribution in [0.5, 0.6) is 0 Å². The van der Waals surface area contributed by atoms with Crippen molar-refractivity contribution in [2.24, 2.45) is 0 Å². The Morgan fingerprint density at radius 1 is 1.52 bits per heavy atom. The Bertz CT molecular complexity index is 672. The summed E-state index contributed by atoms with van der Waals surface area (Å²) in [6.45, 7) is 3.94. The first-order chi connectivity index (χ1) is 10.1. The molecule has 0 radical (unpaired) electrons. The molecule has 1 heterocycles. The zero-order chi connectivity index (χ0) is 15.2. The highest BCUT2D eigenvalue weighted by atomic mass is 32.1. The molecule has 0 saturated heterocycles. The average Bonchev–Trinajstić information content (AvgIpc) is 2.93. The fourth-order valence-electron chi connectivity index (χ4n) is 2.02. The standard InChI is InChI=1S/C16H17N3OS/c1-3-5-14(9-17)19-16(20)13-7-4-6-12(8-13)15-10-21-11(2)18-15/h4,6-8,10,14H,3,5H2,1-2H3,(H,19,20). The molecule has 0 aliphatic rings. The average molecular weight is 299 g/mol. The van der Waals surface area contributed by atoms with Crippen LogP contribution >= 0.6 is 11.3 Å². The van der Waals surface area contributed by atoms with Gasteiger partial charge in [0.05, 0.1) is 16.8 Å². The van der Waals surface area contributed by atoms with E-state index < -0.39 is 6.04 Å². The van der Waals surface area contributed by atoms with Gasteiger partial charge in [0.25, 0.3) is 5.91 Å². The fourth-order valence-corrected chi connectivity index (χ4v) is 2.64. The molecular formula is C16H17N3OS. The van der Waals surface area contributed by atoms with Crippen LogP contribution in [0.25, 0.3) is 11.3 Å². The molecule has 2 aromatic rings. The minimum atomic E-state index is -0.437. The van der Waals surface area contributed by atoms with Gasteiger partial charge in [-0.25, -0.2) is 4.98 Å². The third-order valence-corrected chi connectivity index (χ3v) is 3.85. The van der Waals surface area contributed by atoms with Crippen LogP contribution in [0, 0.1) is 18.3 Å². The van der Waals surface area contributed by atoms with Crippen LogP contribution in [0.1, 0.15) is 35.1 Å². The van der Waals surface area contributed by atoms with E-state index in [0.717, 1.165) is 22.7 Å². The van der Waals surface area contributed by atoms with E-state index in [1.807, 2.05) is 37.4 Å². The second kappa shape index (κ2) is 7.00. The topological polar surface area (TPSA) is 65.8 Å². The summed E-state index contributed by atoms with van der Waals surface area (Å²) in [5.74, 6) is -0.219. The van der Waals surface area contributed by atoms with Gasteiger partial charge in [-0.1, -0.05) is 25.5 Å². The Morgan fingerprint density at radius 2 is 2.33 bits per heavy atom. The number of aryl methyl sites for hydroxylation is 1. The van der Waals surface area contributed by atoms with Crippen LogP contribution in [0.3, 0.4) is 0 Å². The van der Waals surface area contributed by atoms with Crippen molar-refractivity contribution < 1.29 is 4.79 Å². The molecule has 0 saturated carbocycles. The van der Waals surface area contributed by atoms with Crippen LogP contribution in [0.4, 0.5) is 0 Å². The molecular weight excluding hydrogens is 282 g/mol. The van der Waals surface area contributed by atoms with E-state index in [0.29, 0.717) is 12.0 Å². The van der Waals surface area contributed by atoms with Gasteiger partial charge in [-0.05, 0) is 25.5 Å². The van der Waals surface area contributed by atoms with Crippen LogP contribution in [0.15, 0.2) is 29.6 Å². The molecule has 0 aliphatic carbocycles. The van der Waals surface area contributed by atoms with Gasteiger partial charge in [0.15, 0.2) is 0 Å². The van der Waals surface area contributed by atoms with E-state index >= 15 is 0 Å². The molecule has 4 nitrogen and oxygen atoms in total. The van der Waals surface area contributed by atoms with Crippen molar-refractivity contribution in [2.75, 3.05) is 0 Å². The minimum Gasteiger partial charge on any atom is -0.336 e. The normalized spacial score (nSPS) is 11.7. The first-order valence-electron chi connectivity index (χ1n) is 6.87. The lowest BCUT2D eigenvalue weighted by Crippen LogP contribution is -2.33. The number of carbonyl (C=O) groups excluding carboxylic acids is 1. The van der Waals surface area contributed by atoms with Gasteiger partial charge in [0.1, 0.15) is 6.04 Å². The maximum atomic E-state index is 12.2. The van der Waals surface area contributed by atoms with E-state index in [2.05, 4.69) is 16.4 Å². The maximum Gasteiger partial charge on any atom is 0.252 e.